The van der Waals surface area contributed by atoms with Crippen LogP contribution in [-0.2, 0) is 12.8 Å². The molecule has 42 heavy (non-hydrogen) atoms. The van der Waals surface area contributed by atoms with Crippen LogP contribution in [0, 0.1) is 24.4 Å². The number of nitrogens with zero attached hydrogens (tertiary/aromatic N) is 3. The summed E-state index contributed by atoms with van der Waals surface area (Å²) in [6, 6.07) is 14.0. The maximum atomic E-state index is 15.7. The minimum Gasteiger partial charge on any atom is -0.494 e. The minimum absolute atomic E-state index is 0.0130. The Hall–Kier alpha value is -3.56. The molecule has 0 spiro atoms. The predicted octanol–water partition coefficient (Wildman–Crippen LogP) is 6.84. The lowest BCUT2D eigenvalue weighted by Crippen LogP contribution is -2.40. The van der Waals surface area contributed by atoms with E-state index in [9.17, 15) is 13.6 Å². The molecular weight excluding hydrogens is 559 g/mol. The lowest BCUT2D eigenvalue weighted by Gasteiger charge is -2.31. The van der Waals surface area contributed by atoms with Gasteiger partial charge in [-0.15, -0.1) is 0 Å². The zero-order valence-electron chi connectivity index (χ0n) is 24.4. The van der Waals surface area contributed by atoms with Crippen LogP contribution in [0.5, 0.6) is 5.75 Å². The Morgan fingerprint density at radius 1 is 1.02 bits per heavy atom. The molecule has 1 unspecified atom stereocenters. The van der Waals surface area contributed by atoms with Crippen molar-refractivity contribution in [2.24, 2.45) is 0 Å². The van der Waals surface area contributed by atoms with Gasteiger partial charge in [0.25, 0.3) is 5.56 Å². The molecule has 2 aromatic heterocycles. The minimum atomic E-state index is -0.665. The Kier molecular flexibility index (Phi) is 8.53. The van der Waals surface area contributed by atoms with E-state index in [-0.39, 0.29) is 40.5 Å². The summed E-state index contributed by atoms with van der Waals surface area (Å²) in [6.07, 6.45) is 2.43. The molecule has 0 fully saturated rings. The highest BCUT2D eigenvalue weighted by atomic mass is 32.2. The van der Waals surface area contributed by atoms with E-state index in [1.165, 1.54) is 43.1 Å². The van der Waals surface area contributed by atoms with Crippen LogP contribution >= 0.6 is 11.8 Å². The number of hydrogen-bond acceptors (Lipinski definition) is 5. The Bertz CT molecular complexity index is 1650. The number of ether oxygens (including phenoxy) is 1. The molecule has 1 aliphatic heterocycles. The van der Waals surface area contributed by atoms with Crippen molar-refractivity contribution in [1.82, 2.24) is 14.5 Å². The molecule has 220 valence electrons. The second-order valence-electron chi connectivity index (χ2n) is 11.2. The number of fused-ring (bicyclic) bond motifs is 1. The van der Waals surface area contributed by atoms with Crippen LogP contribution in [0.3, 0.4) is 0 Å². The Balaban J connectivity index is 1.66. The summed E-state index contributed by atoms with van der Waals surface area (Å²) < 4.78 is 52.0. The molecule has 0 aliphatic carbocycles. The van der Waals surface area contributed by atoms with Gasteiger partial charge in [-0.05, 0) is 69.3 Å². The fraction of sp³-hybridized carbons (Fsp3) is 0.333. The molecule has 2 aromatic carbocycles. The highest BCUT2D eigenvalue weighted by Gasteiger charge is 2.44. The van der Waals surface area contributed by atoms with Crippen molar-refractivity contribution in [1.29, 1.82) is 0 Å². The molecule has 0 amide bonds. The number of thioether (sulfide) groups is 1. The number of likely N-dealkylation sites (N-methyl/N-ethyl adjacent to an activating group) is 1. The summed E-state index contributed by atoms with van der Waals surface area (Å²) >= 11 is 1.52. The van der Waals surface area contributed by atoms with Gasteiger partial charge >= 0.3 is 0 Å². The summed E-state index contributed by atoms with van der Waals surface area (Å²) in [5.74, 6) is -1.97. The average molecular weight is 594 g/mol. The number of aromatic nitrogens is 2. The van der Waals surface area contributed by atoms with Crippen LogP contribution in [0.25, 0.3) is 11.1 Å². The largest absolute Gasteiger partial charge is 0.494 e. The quantitative estimate of drug-likeness (QED) is 0.213. The monoisotopic (exact) mass is 593 g/mol. The third kappa shape index (κ3) is 5.60. The third-order valence-electron chi connectivity index (χ3n) is 8.04. The molecule has 1 aliphatic rings. The van der Waals surface area contributed by atoms with Crippen molar-refractivity contribution in [2.45, 2.75) is 49.4 Å². The number of pyridine rings is 2. The van der Waals surface area contributed by atoms with E-state index in [1.54, 1.807) is 29.8 Å². The van der Waals surface area contributed by atoms with Crippen LogP contribution in [0.1, 0.15) is 42.3 Å². The van der Waals surface area contributed by atoms with Crippen LogP contribution < -0.4 is 10.3 Å². The molecule has 0 N–H and O–H groups in total. The van der Waals surface area contributed by atoms with Gasteiger partial charge in [-0.3, -0.25) is 14.3 Å². The van der Waals surface area contributed by atoms with Gasteiger partial charge in [-0.25, -0.2) is 13.2 Å². The van der Waals surface area contributed by atoms with Gasteiger partial charge < -0.3 is 9.64 Å². The number of methoxy groups -OCH3 is 1. The zero-order valence-corrected chi connectivity index (χ0v) is 25.2. The van der Waals surface area contributed by atoms with Crippen molar-refractivity contribution < 1.29 is 17.9 Å². The first-order valence-corrected chi connectivity index (χ1v) is 14.7. The molecule has 0 saturated carbocycles. The van der Waals surface area contributed by atoms with Crippen molar-refractivity contribution in [3.05, 3.63) is 111 Å². The normalized spacial score (nSPS) is 15.7. The molecule has 0 radical (unpaired) electrons. The van der Waals surface area contributed by atoms with Crippen molar-refractivity contribution in [3.8, 4) is 16.9 Å². The summed E-state index contributed by atoms with van der Waals surface area (Å²) in [5.41, 5.74) is 1.91. The first-order chi connectivity index (χ1) is 20.0. The SMILES string of the molecule is COc1cccc(-c2c(C)c(Cc3c(F)cccc3F)c3n(c2=O)C(CN(C)CCc2ccccn2)C(C)(C)S3)c1F. The summed E-state index contributed by atoms with van der Waals surface area (Å²) in [4.78, 5) is 21.0. The highest BCUT2D eigenvalue weighted by molar-refractivity contribution is 8.00. The van der Waals surface area contributed by atoms with Gasteiger partial charge in [-0.2, -0.15) is 0 Å². The van der Waals surface area contributed by atoms with E-state index >= 15 is 4.39 Å². The number of halogens is 3. The zero-order chi connectivity index (χ0) is 30.2. The van der Waals surface area contributed by atoms with E-state index in [0.717, 1.165) is 18.7 Å². The van der Waals surface area contributed by atoms with Crippen LogP contribution in [-0.4, -0.2) is 46.4 Å². The molecular formula is C33H34F3N3O2S. The first-order valence-electron chi connectivity index (χ1n) is 13.8. The molecule has 0 saturated heterocycles. The van der Waals surface area contributed by atoms with Crippen LogP contribution in [0.4, 0.5) is 13.2 Å². The summed E-state index contributed by atoms with van der Waals surface area (Å²) in [5, 5.41) is 0.653. The molecule has 3 heterocycles. The summed E-state index contributed by atoms with van der Waals surface area (Å²) in [6.45, 7) is 7.11. The predicted molar refractivity (Wildman–Crippen MR) is 161 cm³/mol. The van der Waals surface area contributed by atoms with Crippen molar-refractivity contribution in [2.75, 3.05) is 27.2 Å². The fourth-order valence-electron chi connectivity index (χ4n) is 5.66. The van der Waals surface area contributed by atoms with Gasteiger partial charge in [0.15, 0.2) is 11.6 Å². The Morgan fingerprint density at radius 3 is 2.40 bits per heavy atom. The molecule has 1 atom stereocenters. The van der Waals surface area contributed by atoms with Gasteiger partial charge in [0.05, 0.1) is 23.7 Å². The van der Waals surface area contributed by atoms with E-state index < -0.39 is 22.2 Å². The fourth-order valence-corrected chi connectivity index (χ4v) is 7.13. The van der Waals surface area contributed by atoms with E-state index in [4.69, 9.17) is 4.74 Å². The maximum Gasteiger partial charge on any atom is 0.260 e. The summed E-state index contributed by atoms with van der Waals surface area (Å²) in [7, 11) is 3.37. The molecule has 5 nitrogen and oxygen atoms in total. The molecule has 0 bridgehead atoms. The Labute approximate surface area is 248 Å². The van der Waals surface area contributed by atoms with Crippen LogP contribution in [0.2, 0.25) is 0 Å². The second-order valence-corrected chi connectivity index (χ2v) is 12.9. The molecule has 5 rings (SSSR count). The lowest BCUT2D eigenvalue weighted by atomic mass is 9.93. The van der Waals surface area contributed by atoms with E-state index in [1.807, 2.05) is 25.2 Å². The van der Waals surface area contributed by atoms with E-state index in [2.05, 4.69) is 23.7 Å². The number of benzene rings is 2. The smallest absolute Gasteiger partial charge is 0.260 e. The van der Waals surface area contributed by atoms with Crippen LogP contribution in [0.15, 0.2) is 70.6 Å². The van der Waals surface area contributed by atoms with Crippen molar-refractivity contribution >= 4 is 11.8 Å². The van der Waals surface area contributed by atoms with Crippen molar-refractivity contribution in [3.63, 3.8) is 0 Å². The second kappa shape index (κ2) is 12.0. The number of hydrogen-bond donors (Lipinski definition) is 0. The number of rotatable bonds is 9. The van der Waals surface area contributed by atoms with Gasteiger partial charge in [0.1, 0.15) is 11.6 Å². The standard InChI is InChI=1S/C33H34F3N3O2S/c1-20-23(18-24-25(34)12-9-13-26(24)35)32-39(31(40)29(20)22-11-8-14-27(41-5)30(22)36)28(33(2,3)42-32)19-38(4)17-15-21-10-6-7-16-37-21/h6-14,16,28H,15,17-19H2,1-5H3. The third-order valence-corrected chi connectivity index (χ3v) is 9.47. The average Bonchev–Trinajstić information content (AvgIpc) is 3.22. The molecule has 4 aromatic rings. The topological polar surface area (TPSA) is 47.4 Å². The first kappa shape index (κ1) is 29.9. The Morgan fingerprint density at radius 2 is 1.74 bits per heavy atom. The molecule has 9 heteroatoms. The lowest BCUT2D eigenvalue weighted by molar-refractivity contribution is 0.249. The van der Waals surface area contributed by atoms with E-state index in [0.29, 0.717) is 22.7 Å². The van der Waals surface area contributed by atoms with Gasteiger partial charge in [0.2, 0.25) is 0 Å². The maximum absolute atomic E-state index is 15.7. The van der Waals surface area contributed by atoms with Gasteiger partial charge in [0, 0.05) is 53.7 Å². The highest BCUT2D eigenvalue weighted by Crippen LogP contribution is 2.51. The van der Waals surface area contributed by atoms with Gasteiger partial charge in [-0.1, -0.05) is 36.0 Å².